The summed E-state index contributed by atoms with van der Waals surface area (Å²) in [6.45, 7) is 0.996. The van der Waals surface area contributed by atoms with E-state index in [0.29, 0.717) is 5.92 Å². The van der Waals surface area contributed by atoms with Gasteiger partial charge in [0.05, 0.1) is 0 Å². The van der Waals surface area contributed by atoms with Crippen LogP contribution in [0, 0.1) is 0 Å². The zero-order valence-corrected chi connectivity index (χ0v) is 10.4. The largest absolute Gasteiger partial charge is 0.384 e. The van der Waals surface area contributed by atoms with Gasteiger partial charge in [-0.25, -0.2) is 0 Å². The first-order chi connectivity index (χ1) is 7.84. The second kappa shape index (κ2) is 3.95. The van der Waals surface area contributed by atoms with Gasteiger partial charge in [-0.05, 0) is 29.3 Å². The van der Waals surface area contributed by atoms with Crippen LogP contribution in [0.4, 0.5) is 5.69 Å². The molecule has 0 aromatic heterocycles. The fourth-order valence-corrected chi connectivity index (χ4v) is 2.67. The molecule has 0 spiro atoms. The van der Waals surface area contributed by atoms with Crippen LogP contribution in [0.3, 0.4) is 0 Å². The molecular formula is C14H12BrN. The first-order valence-electron chi connectivity index (χ1n) is 5.43. The Balaban J connectivity index is 2.06. The summed E-state index contributed by atoms with van der Waals surface area (Å²) in [5, 5.41) is 3.46. The van der Waals surface area contributed by atoms with Crippen LogP contribution in [0.2, 0.25) is 0 Å². The summed E-state index contributed by atoms with van der Waals surface area (Å²) in [7, 11) is 0. The molecule has 1 aliphatic rings. The van der Waals surface area contributed by atoms with Crippen molar-refractivity contribution in [3.8, 4) is 0 Å². The normalized spacial score (nSPS) is 17.9. The van der Waals surface area contributed by atoms with Crippen molar-refractivity contribution in [2.75, 3.05) is 11.9 Å². The van der Waals surface area contributed by atoms with E-state index in [9.17, 15) is 0 Å². The summed E-state index contributed by atoms with van der Waals surface area (Å²) < 4.78 is 1.15. The highest BCUT2D eigenvalue weighted by molar-refractivity contribution is 9.10. The standard InChI is InChI=1S/C14H12BrN/c15-11-6-7-14-12(8-11)13(9-16-14)10-4-2-1-3-5-10/h1-8,13,16H,9H2. The van der Waals surface area contributed by atoms with Gasteiger partial charge in [-0.15, -0.1) is 0 Å². The maximum atomic E-state index is 3.54. The van der Waals surface area contributed by atoms with Crippen molar-refractivity contribution >= 4 is 21.6 Å². The van der Waals surface area contributed by atoms with E-state index < -0.39 is 0 Å². The first-order valence-corrected chi connectivity index (χ1v) is 6.22. The van der Waals surface area contributed by atoms with Crippen LogP contribution in [0.5, 0.6) is 0 Å². The molecule has 1 unspecified atom stereocenters. The molecule has 80 valence electrons. The third-order valence-corrected chi connectivity index (χ3v) is 3.58. The van der Waals surface area contributed by atoms with Gasteiger partial charge >= 0.3 is 0 Å². The Bertz CT molecular complexity index is 507. The molecule has 3 rings (SSSR count). The fraction of sp³-hybridized carbons (Fsp3) is 0.143. The Labute approximate surface area is 104 Å². The summed E-state index contributed by atoms with van der Waals surface area (Å²) in [4.78, 5) is 0. The molecule has 0 saturated carbocycles. The van der Waals surface area contributed by atoms with Crippen LogP contribution in [0.1, 0.15) is 17.0 Å². The molecule has 0 fully saturated rings. The van der Waals surface area contributed by atoms with Crippen LogP contribution >= 0.6 is 15.9 Å². The summed E-state index contributed by atoms with van der Waals surface area (Å²) in [6, 6.07) is 17.1. The zero-order valence-electron chi connectivity index (χ0n) is 8.78. The molecule has 1 atom stereocenters. The number of hydrogen-bond acceptors (Lipinski definition) is 1. The highest BCUT2D eigenvalue weighted by Crippen LogP contribution is 2.37. The second-order valence-electron chi connectivity index (χ2n) is 4.08. The fourth-order valence-electron chi connectivity index (χ4n) is 2.29. The lowest BCUT2D eigenvalue weighted by Gasteiger charge is -2.10. The van der Waals surface area contributed by atoms with Crippen molar-refractivity contribution in [2.45, 2.75) is 5.92 Å². The molecular weight excluding hydrogens is 262 g/mol. The lowest BCUT2D eigenvalue weighted by molar-refractivity contribution is 0.907. The molecule has 1 N–H and O–H groups in total. The summed E-state index contributed by atoms with van der Waals surface area (Å²) >= 11 is 3.54. The Kier molecular flexibility index (Phi) is 2.44. The average molecular weight is 274 g/mol. The third-order valence-electron chi connectivity index (χ3n) is 3.09. The number of rotatable bonds is 1. The number of halogens is 1. The van der Waals surface area contributed by atoms with Crippen LogP contribution < -0.4 is 5.32 Å². The van der Waals surface area contributed by atoms with Gasteiger partial charge in [0, 0.05) is 22.6 Å². The van der Waals surface area contributed by atoms with Gasteiger partial charge in [-0.1, -0.05) is 46.3 Å². The molecule has 16 heavy (non-hydrogen) atoms. The van der Waals surface area contributed by atoms with E-state index in [2.05, 4.69) is 69.8 Å². The average Bonchev–Trinajstić information content (AvgIpc) is 2.73. The van der Waals surface area contributed by atoms with Crippen molar-refractivity contribution in [3.63, 3.8) is 0 Å². The lowest BCUT2D eigenvalue weighted by Crippen LogP contribution is -2.03. The van der Waals surface area contributed by atoms with E-state index in [0.717, 1.165) is 11.0 Å². The minimum Gasteiger partial charge on any atom is -0.384 e. The summed E-state index contributed by atoms with van der Waals surface area (Å²) in [5.74, 6) is 0.480. The maximum Gasteiger partial charge on any atom is 0.0380 e. The highest BCUT2D eigenvalue weighted by atomic mass is 79.9. The molecule has 1 aliphatic heterocycles. The van der Waals surface area contributed by atoms with Crippen molar-refractivity contribution < 1.29 is 0 Å². The molecule has 0 saturated heterocycles. The van der Waals surface area contributed by atoms with Crippen molar-refractivity contribution in [1.29, 1.82) is 0 Å². The van der Waals surface area contributed by atoms with Gasteiger partial charge < -0.3 is 5.32 Å². The molecule has 0 aliphatic carbocycles. The molecule has 0 radical (unpaired) electrons. The second-order valence-corrected chi connectivity index (χ2v) is 4.99. The summed E-state index contributed by atoms with van der Waals surface area (Å²) in [6.07, 6.45) is 0. The van der Waals surface area contributed by atoms with Gasteiger partial charge in [-0.3, -0.25) is 0 Å². The van der Waals surface area contributed by atoms with Gasteiger partial charge in [-0.2, -0.15) is 0 Å². The lowest BCUT2D eigenvalue weighted by atomic mass is 9.93. The monoisotopic (exact) mass is 273 g/mol. The summed E-state index contributed by atoms with van der Waals surface area (Å²) in [5.41, 5.74) is 4.03. The van der Waals surface area contributed by atoms with Crippen molar-refractivity contribution in [1.82, 2.24) is 0 Å². The first kappa shape index (κ1) is 9.91. The van der Waals surface area contributed by atoms with Gasteiger partial charge in [0.15, 0.2) is 0 Å². The van der Waals surface area contributed by atoms with E-state index >= 15 is 0 Å². The topological polar surface area (TPSA) is 12.0 Å². The Morgan fingerprint density at radius 2 is 1.88 bits per heavy atom. The van der Waals surface area contributed by atoms with E-state index in [1.165, 1.54) is 16.8 Å². The predicted molar refractivity (Wildman–Crippen MR) is 70.9 cm³/mol. The smallest absolute Gasteiger partial charge is 0.0380 e. The number of fused-ring (bicyclic) bond motifs is 1. The Morgan fingerprint density at radius 3 is 2.69 bits per heavy atom. The minimum atomic E-state index is 0.480. The van der Waals surface area contributed by atoms with E-state index in [1.807, 2.05) is 0 Å². The molecule has 0 bridgehead atoms. The molecule has 2 aromatic carbocycles. The number of anilines is 1. The van der Waals surface area contributed by atoms with E-state index in [4.69, 9.17) is 0 Å². The van der Waals surface area contributed by atoms with Crippen molar-refractivity contribution in [3.05, 3.63) is 64.1 Å². The van der Waals surface area contributed by atoms with Gasteiger partial charge in [0.2, 0.25) is 0 Å². The molecule has 1 heterocycles. The van der Waals surface area contributed by atoms with Gasteiger partial charge in [0.1, 0.15) is 0 Å². The minimum absolute atomic E-state index is 0.480. The van der Waals surface area contributed by atoms with Crippen LogP contribution in [0.25, 0.3) is 0 Å². The van der Waals surface area contributed by atoms with Gasteiger partial charge in [0.25, 0.3) is 0 Å². The number of nitrogens with one attached hydrogen (secondary N) is 1. The Hall–Kier alpha value is -1.28. The quantitative estimate of drug-likeness (QED) is 0.828. The van der Waals surface area contributed by atoms with E-state index in [-0.39, 0.29) is 0 Å². The SMILES string of the molecule is Brc1ccc2c(c1)C(c1ccccc1)CN2. The maximum absolute atomic E-state index is 3.54. The molecule has 0 amide bonds. The highest BCUT2D eigenvalue weighted by Gasteiger charge is 2.23. The number of benzene rings is 2. The molecule has 1 nitrogen and oxygen atoms in total. The molecule has 2 heteroatoms. The van der Waals surface area contributed by atoms with Crippen LogP contribution in [-0.4, -0.2) is 6.54 Å². The zero-order chi connectivity index (χ0) is 11.0. The van der Waals surface area contributed by atoms with Crippen molar-refractivity contribution in [2.24, 2.45) is 0 Å². The Morgan fingerprint density at radius 1 is 1.06 bits per heavy atom. The third kappa shape index (κ3) is 1.63. The number of hydrogen-bond donors (Lipinski definition) is 1. The van der Waals surface area contributed by atoms with Crippen LogP contribution in [-0.2, 0) is 0 Å². The van der Waals surface area contributed by atoms with E-state index in [1.54, 1.807) is 0 Å². The van der Waals surface area contributed by atoms with Crippen LogP contribution in [0.15, 0.2) is 53.0 Å². The molecule has 2 aromatic rings. The predicted octanol–water partition coefficient (Wildman–Crippen LogP) is 4.01.